The van der Waals surface area contributed by atoms with Crippen LogP contribution in [0.5, 0.6) is 5.75 Å². The largest absolute Gasteiger partial charge is 0.497 e. The van der Waals surface area contributed by atoms with Gasteiger partial charge in [0.1, 0.15) is 11.6 Å². The summed E-state index contributed by atoms with van der Waals surface area (Å²) in [5, 5.41) is 0. The van der Waals surface area contributed by atoms with Crippen LogP contribution in [0.3, 0.4) is 0 Å². The van der Waals surface area contributed by atoms with Crippen LogP contribution in [0.4, 0.5) is 4.39 Å². The zero-order valence-electron chi connectivity index (χ0n) is 18.5. The van der Waals surface area contributed by atoms with Crippen molar-refractivity contribution in [1.29, 1.82) is 0 Å². The second-order valence-electron chi connectivity index (χ2n) is 8.42. The number of methoxy groups -OCH3 is 1. The van der Waals surface area contributed by atoms with Crippen LogP contribution in [0.2, 0.25) is 0 Å². The maximum absolute atomic E-state index is 14.1. The minimum atomic E-state index is -0.270. The van der Waals surface area contributed by atoms with Gasteiger partial charge in [0.15, 0.2) is 0 Å². The van der Waals surface area contributed by atoms with Crippen LogP contribution in [0, 0.1) is 5.82 Å². The third-order valence-electron chi connectivity index (χ3n) is 6.23. The van der Waals surface area contributed by atoms with E-state index in [0.29, 0.717) is 51.0 Å². The molecule has 2 fully saturated rings. The van der Waals surface area contributed by atoms with Crippen LogP contribution in [-0.4, -0.2) is 67.8 Å². The van der Waals surface area contributed by atoms with Gasteiger partial charge in [-0.3, -0.25) is 9.69 Å². The average molecular weight is 443 g/mol. The standard InChI is InChI=1S/C25H31FN2O4/c1-30-22-8-6-19(7-9-22)14-28-16-23(32-18-20-4-2-3-5-24(20)26)15-27(17-25(28)29)21-10-12-31-13-11-21/h2-9,21,23H,10-18H2,1H3/t23-/m1/s1. The molecule has 4 rings (SSSR count). The van der Waals surface area contributed by atoms with Crippen molar-refractivity contribution < 1.29 is 23.4 Å². The molecule has 0 N–H and O–H groups in total. The lowest BCUT2D eigenvalue weighted by atomic mass is 10.1. The fourth-order valence-corrected chi connectivity index (χ4v) is 4.37. The van der Waals surface area contributed by atoms with Crippen LogP contribution >= 0.6 is 0 Å². The Morgan fingerprint density at radius 2 is 1.81 bits per heavy atom. The molecule has 0 saturated carbocycles. The van der Waals surface area contributed by atoms with E-state index in [1.54, 1.807) is 19.2 Å². The predicted molar refractivity (Wildman–Crippen MR) is 119 cm³/mol. The first-order chi connectivity index (χ1) is 15.6. The maximum atomic E-state index is 14.1. The van der Waals surface area contributed by atoms with Crippen LogP contribution in [0.25, 0.3) is 0 Å². The Morgan fingerprint density at radius 1 is 1.06 bits per heavy atom. The molecule has 2 aromatic rings. The van der Waals surface area contributed by atoms with Gasteiger partial charge in [-0.05, 0) is 36.6 Å². The van der Waals surface area contributed by atoms with Crippen LogP contribution in [0.1, 0.15) is 24.0 Å². The molecule has 0 aromatic heterocycles. The number of halogens is 1. The molecule has 0 radical (unpaired) electrons. The molecule has 0 spiro atoms. The normalized spacial score (nSPS) is 20.9. The zero-order valence-corrected chi connectivity index (χ0v) is 18.5. The van der Waals surface area contributed by atoms with Crippen molar-refractivity contribution >= 4 is 5.91 Å². The summed E-state index contributed by atoms with van der Waals surface area (Å²) >= 11 is 0. The van der Waals surface area contributed by atoms with Crippen molar-refractivity contribution in [2.24, 2.45) is 0 Å². The van der Waals surface area contributed by atoms with E-state index in [2.05, 4.69) is 4.90 Å². The predicted octanol–water partition coefficient (Wildman–Crippen LogP) is 3.24. The summed E-state index contributed by atoms with van der Waals surface area (Å²) in [4.78, 5) is 17.3. The second kappa shape index (κ2) is 10.9. The maximum Gasteiger partial charge on any atom is 0.237 e. The quantitative estimate of drug-likeness (QED) is 0.659. The molecule has 1 atom stereocenters. The first-order valence-corrected chi connectivity index (χ1v) is 11.2. The molecule has 2 aromatic carbocycles. The molecule has 2 aliphatic rings. The van der Waals surface area contributed by atoms with E-state index >= 15 is 0 Å². The van der Waals surface area contributed by atoms with Gasteiger partial charge in [0.05, 0.1) is 26.4 Å². The zero-order chi connectivity index (χ0) is 22.3. The number of hydrogen-bond acceptors (Lipinski definition) is 5. The van der Waals surface area contributed by atoms with Gasteiger partial charge >= 0.3 is 0 Å². The highest BCUT2D eigenvalue weighted by Gasteiger charge is 2.33. The number of hydrogen-bond donors (Lipinski definition) is 0. The monoisotopic (exact) mass is 442 g/mol. The number of ether oxygens (including phenoxy) is 3. The average Bonchev–Trinajstić information content (AvgIpc) is 2.98. The first kappa shape index (κ1) is 22.7. The highest BCUT2D eigenvalue weighted by molar-refractivity contribution is 5.78. The fraction of sp³-hybridized carbons (Fsp3) is 0.480. The summed E-state index contributed by atoms with van der Waals surface area (Å²) in [6.45, 7) is 3.59. The highest BCUT2D eigenvalue weighted by Crippen LogP contribution is 2.21. The molecule has 2 heterocycles. The lowest BCUT2D eigenvalue weighted by Gasteiger charge is -2.34. The van der Waals surface area contributed by atoms with Crippen molar-refractivity contribution in [3.05, 3.63) is 65.5 Å². The van der Waals surface area contributed by atoms with E-state index in [0.717, 1.165) is 24.2 Å². The molecule has 2 aliphatic heterocycles. The van der Waals surface area contributed by atoms with Gasteiger partial charge in [-0.15, -0.1) is 0 Å². The SMILES string of the molecule is COc1ccc(CN2C[C@H](OCc3ccccc3F)CN(C3CCOCC3)CC2=O)cc1. The minimum Gasteiger partial charge on any atom is -0.497 e. The summed E-state index contributed by atoms with van der Waals surface area (Å²) in [5.41, 5.74) is 1.56. The van der Waals surface area contributed by atoms with Crippen molar-refractivity contribution in [3.63, 3.8) is 0 Å². The Hall–Kier alpha value is -2.48. The van der Waals surface area contributed by atoms with Gasteiger partial charge in [-0.2, -0.15) is 0 Å². The molecule has 0 aliphatic carbocycles. The van der Waals surface area contributed by atoms with Crippen LogP contribution < -0.4 is 4.74 Å². The third-order valence-corrected chi connectivity index (χ3v) is 6.23. The van der Waals surface area contributed by atoms with Gasteiger partial charge < -0.3 is 19.1 Å². The number of amides is 1. The lowest BCUT2D eigenvalue weighted by Crippen LogP contribution is -2.45. The third kappa shape index (κ3) is 5.85. The molecule has 1 amide bonds. The van der Waals surface area contributed by atoms with Gasteiger partial charge in [0.25, 0.3) is 0 Å². The highest BCUT2D eigenvalue weighted by atomic mass is 19.1. The van der Waals surface area contributed by atoms with Crippen LogP contribution in [-0.2, 0) is 27.4 Å². The molecule has 7 heteroatoms. The first-order valence-electron chi connectivity index (χ1n) is 11.2. The van der Waals surface area contributed by atoms with Gasteiger partial charge in [-0.1, -0.05) is 30.3 Å². The number of benzene rings is 2. The summed E-state index contributed by atoms with van der Waals surface area (Å²) in [6.07, 6.45) is 1.61. The summed E-state index contributed by atoms with van der Waals surface area (Å²) < 4.78 is 31.0. The summed E-state index contributed by atoms with van der Waals surface area (Å²) in [5.74, 6) is 0.602. The Kier molecular flexibility index (Phi) is 7.73. The van der Waals surface area contributed by atoms with Gasteiger partial charge in [-0.25, -0.2) is 4.39 Å². The molecule has 32 heavy (non-hydrogen) atoms. The van der Waals surface area contributed by atoms with Crippen molar-refractivity contribution in [2.75, 3.05) is 40.0 Å². The molecule has 0 unspecified atom stereocenters. The van der Waals surface area contributed by atoms with Crippen molar-refractivity contribution in [1.82, 2.24) is 9.80 Å². The number of nitrogens with zero attached hydrogens (tertiary/aromatic N) is 2. The molecule has 2 saturated heterocycles. The number of carbonyl (C=O) groups excluding carboxylic acids is 1. The van der Waals surface area contributed by atoms with E-state index in [-0.39, 0.29) is 24.4 Å². The topological polar surface area (TPSA) is 51.2 Å². The van der Waals surface area contributed by atoms with Gasteiger partial charge in [0.2, 0.25) is 5.91 Å². The number of carbonyl (C=O) groups is 1. The second-order valence-corrected chi connectivity index (χ2v) is 8.42. The Morgan fingerprint density at radius 3 is 2.53 bits per heavy atom. The Bertz CT molecular complexity index is 886. The Labute approximate surface area is 188 Å². The summed E-state index contributed by atoms with van der Waals surface area (Å²) in [6, 6.07) is 14.7. The van der Waals surface area contributed by atoms with Crippen molar-refractivity contribution in [2.45, 2.75) is 38.1 Å². The lowest BCUT2D eigenvalue weighted by molar-refractivity contribution is -0.133. The summed E-state index contributed by atoms with van der Waals surface area (Å²) in [7, 11) is 1.63. The smallest absolute Gasteiger partial charge is 0.237 e. The molecular formula is C25H31FN2O4. The molecule has 172 valence electrons. The molecular weight excluding hydrogens is 411 g/mol. The fourth-order valence-electron chi connectivity index (χ4n) is 4.37. The van der Waals surface area contributed by atoms with Gasteiger partial charge in [0, 0.05) is 44.5 Å². The molecule has 6 nitrogen and oxygen atoms in total. The van der Waals surface area contributed by atoms with E-state index in [1.807, 2.05) is 35.2 Å². The van der Waals surface area contributed by atoms with E-state index in [9.17, 15) is 9.18 Å². The number of rotatable bonds is 7. The minimum absolute atomic E-state index is 0.0873. The van der Waals surface area contributed by atoms with Crippen LogP contribution in [0.15, 0.2) is 48.5 Å². The van der Waals surface area contributed by atoms with E-state index in [1.165, 1.54) is 6.07 Å². The Balaban J connectivity index is 1.48. The van der Waals surface area contributed by atoms with Crippen molar-refractivity contribution in [3.8, 4) is 5.75 Å². The molecule has 0 bridgehead atoms. The van der Waals surface area contributed by atoms with E-state index in [4.69, 9.17) is 14.2 Å². The van der Waals surface area contributed by atoms with E-state index < -0.39 is 0 Å².